The number of furan rings is 1. The summed E-state index contributed by atoms with van der Waals surface area (Å²) in [6.07, 6.45) is 1.69. The lowest BCUT2D eigenvalue weighted by Gasteiger charge is -2.35. The predicted octanol–water partition coefficient (Wildman–Crippen LogP) is 4.86. The van der Waals surface area contributed by atoms with Crippen LogP contribution >= 0.6 is 0 Å². The minimum absolute atomic E-state index is 0.0835. The van der Waals surface area contributed by atoms with E-state index in [1.54, 1.807) is 6.26 Å². The number of fused-ring (bicyclic) bond motifs is 1. The third-order valence-electron chi connectivity index (χ3n) is 6.48. The molecule has 164 valence electrons. The summed E-state index contributed by atoms with van der Waals surface area (Å²) in [4.78, 5) is 17.9. The van der Waals surface area contributed by atoms with Gasteiger partial charge in [-0.25, -0.2) is 0 Å². The average molecular weight is 428 g/mol. The van der Waals surface area contributed by atoms with E-state index in [9.17, 15) is 4.79 Å². The Morgan fingerprint density at radius 3 is 2.50 bits per heavy atom. The summed E-state index contributed by atoms with van der Waals surface area (Å²) in [6, 6.07) is 20.8. The van der Waals surface area contributed by atoms with Crippen LogP contribution in [0.1, 0.15) is 32.7 Å². The quantitative estimate of drug-likeness (QED) is 0.457. The Hall–Kier alpha value is -3.31. The van der Waals surface area contributed by atoms with Crippen LogP contribution in [0.5, 0.6) is 0 Å². The van der Waals surface area contributed by atoms with Crippen molar-refractivity contribution in [2.75, 3.05) is 26.2 Å². The second-order valence-electron chi connectivity index (χ2n) is 8.77. The zero-order chi connectivity index (χ0) is 22.1. The van der Waals surface area contributed by atoms with E-state index in [1.165, 1.54) is 22.3 Å². The number of amides is 1. The van der Waals surface area contributed by atoms with Gasteiger partial charge in [-0.3, -0.25) is 9.69 Å². The van der Waals surface area contributed by atoms with Gasteiger partial charge in [-0.1, -0.05) is 54.1 Å². The van der Waals surface area contributed by atoms with Crippen molar-refractivity contribution in [1.29, 1.82) is 0 Å². The molecule has 3 heterocycles. The van der Waals surface area contributed by atoms with Gasteiger partial charge in [0, 0.05) is 51.4 Å². The average Bonchev–Trinajstić information content (AvgIpc) is 3.38. The molecule has 5 heteroatoms. The molecule has 0 radical (unpaired) electrons. The van der Waals surface area contributed by atoms with Crippen molar-refractivity contribution in [1.82, 2.24) is 14.4 Å². The fourth-order valence-corrected chi connectivity index (χ4v) is 4.62. The van der Waals surface area contributed by atoms with Crippen molar-refractivity contribution in [2.24, 2.45) is 0 Å². The topological polar surface area (TPSA) is 41.6 Å². The second kappa shape index (κ2) is 8.67. The van der Waals surface area contributed by atoms with Crippen LogP contribution in [0.2, 0.25) is 0 Å². The molecule has 4 aromatic rings. The number of piperazine rings is 1. The molecule has 1 aliphatic rings. The van der Waals surface area contributed by atoms with Crippen molar-refractivity contribution in [3.8, 4) is 0 Å². The van der Waals surface area contributed by atoms with Gasteiger partial charge >= 0.3 is 0 Å². The first-order valence-corrected chi connectivity index (χ1v) is 11.3. The Bertz CT molecular complexity index is 1240. The lowest BCUT2D eigenvalue weighted by Crippen LogP contribution is -2.48. The van der Waals surface area contributed by atoms with Crippen LogP contribution in [-0.2, 0) is 13.1 Å². The third kappa shape index (κ3) is 4.08. The molecule has 5 nitrogen and oxygen atoms in total. The molecule has 0 bridgehead atoms. The van der Waals surface area contributed by atoms with E-state index in [1.807, 2.05) is 29.2 Å². The lowest BCUT2D eigenvalue weighted by atomic mass is 10.1. The van der Waals surface area contributed by atoms with E-state index in [-0.39, 0.29) is 5.91 Å². The first kappa shape index (κ1) is 20.6. The van der Waals surface area contributed by atoms with Crippen LogP contribution in [-0.4, -0.2) is 46.5 Å². The molecule has 0 aliphatic carbocycles. The van der Waals surface area contributed by atoms with Crippen LogP contribution < -0.4 is 0 Å². The number of nitrogens with zero attached hydrogens (tertiary/aromatic N) is 3. The highest BCUT2D eigenvalue weighted by Gasteiger charge is 2.26. The molecule has 0 saturated carbocycles. The van der Waals surface area contributed by atoms with Gasteiger partial charge in [0.25, 0.3) is 5.91 Å². The van der Waals surface area contributed by atoms with E-state index in [2.05, 4.69) is 59.7 Å². The Kier molecular flexibility index (Phi) is 5.58. The second-order valence-corrected chi connectivity index (χ2v) is 8.77. The number of hydrogen-bond donors (Lipinski definition) is 0. The Balaban J connectivity index is 1.32. The molecule has 0 atom stereocenters. The van der Waals surface area contributed by atoms with E-state index in [0.29, 0.717) is 12.2 Å². The van der Waals surface area contributed by atoms with E-state index >= 15 is 0 Å². The lowest BCUT2D eigenvalue weighted by molar-refractivity contribution is 0.0619. The van der Waals surface area contributed by atoms with Crippen molar-refractivity contribution in [2.45, 2.75) is 26.9 Å². The van der Waals surface area contributed by atoms with Gasteiger partial charge < -0.3 is 13.9 Å². The summed E-state index contributed by atoms with van der Waals surface area (Å²) < 4.78 is 7.74. The number of carbonyl (C=O) groups excluding carboxylic acids is 1. The molecule has 1 amide bonds. The molecule has 1 saturated heterocycles. The molecule has 5 rings (SSSR count). The number of carbonyl (C=O) groups is 1. The number of rotatable bonds is 5. The Morgan fingerprint density at radius 1 is 0.906 bits per heavy atom. The van der Waals surface area contributed by atoms with Crippen molar-refractivity contribution < 1.29 is 9.21 Å². The zero-order valence-corrected chi connectivity index (χ0v) is 18.8. The minimum Gasteiger partial charge on any atom is -0.463 e. The van der Waals surface area contributed by atoms with Gasteiger partial charge in [0.05, 0.1) is 11.8 Å². The highest BCUT2D eigenvalue weighted by Crippen LogP contribution is 2.25. The van der Waals surface area contributed by atoms with Gasteiger partial charge in [-0.2, -0.15) is 0 Å². The summed E-state index contributed by atoms with van der Waals surface area (Å²) in [6.45, 7) is 9.07. The zero-order valence-electron chi connectivity index (χ0n) is 18.8. The van der Waals surface area contributed by atoms with Gasteiger partial charge in [-0.05, 0) is 30.5 Å². The van der Waals surface area contributed by atoms with Gasteiger partial charge in [-0.15, -0.1) is 0 Å². The van der Waals surface area contributed by atoms with E-state index in [4.69, 9.17) is 4.42 Å². The molecular formula is C27H29N3O2. The standard InChI is InChI=1S/C27H29N3O2/c1-20-6-5-8-22(16-20)18-28-11-13-29(14-12-28)27(31)25-17-26-24(10-15-32-26)30(25)19-23-9-4-3-7-21(23)2/h3-10,15-17H,11-14,18-19H2,1-2H3. The smallest absolute Gasteiger partial charge is 0.270 e. The maximum absolute atomic E-state index is 13.5. The molecule has 0 N–H and O–H groups in total. The minimum atomic E-state index is 0.0835. The van der Waals surface area contributed by atoms with Crippen molar-refractivity contribution >= 4 is 17.0 Å². The van der Waals surface area contributed by atoms with Gasteiger partial charge in [0.1, 0.15) is 5.69 Å². The fourth-order valence-electron chi connectivity index (χ4n) is 4.62. The maximum Gasteiger partial charge on any atom is 0.270 e. The largest absolute Gasteiger partial charge is 0.463 e. The van der Waals surface area contributed by atoms with Crippen LogP contribution in [0.25, 0.3) is 11.1 Å². The molecule has 1 aliphatic heterocycles. The summed E-state index contributed by atoms with van der Waals surface area (Å²) in [5.74, 6) is 0.0835. The summed E-state index contributed by atoms with van der Waals surface area (Å²) in [5, 5.41) is 0. The molecule has 1 fully saturated rings. The number of aryl methyl sites for hydroxylation is 2. The molecule has 0 spiro atoms. The first-order chi connectivity index (χ1) is 15.6. The van der Waals surface area contributed by atoms with Gasteiger partial charge in [0.15, 0.2) is 5.58 Å². The fraction of sp³-hybridized carbons (Fsp3) is 0.296. The molecule has 32 heavy (non-hydrogen) atoms. The summed E-state index contributed by atoms with van der Waals surface area (Å²) in [5.41, 5.74) is 7.49. The van der Waals surface area contributed by atoms with Crippen molar-refractivity contribution in [3.05, 3.63) is 94.9 Å². The van der Waals surface area contributed by atoms with Gasteiger partial charge in [0.2, 0.25) is 0 Å². The van der Waals surface area contributed by atoms with Crippen LogP contribution in [0.3, 0.4) is 0 Å². The molecular weight excluding hydrogens is 398 g/mol. The number of aromatic nitrogens is 1. The first-order valence-electron chi connectivity index (χ1n) is 11.3. The Labute approximate surface area is 188 Å². The van der Waals surface area contributed by atoms with Crippen LogP contribution in [0.4, 0.5) is 0 Å². The maximum atomic E-state index is 13.5. The SMILES string of the molecule is Cc1cccc(CN2CCN(C(=O)c3cc4occc4n3Cc3ccccc3C)CC2)c1. The highest BCUT2D eigenvalue weighted by atomic mass is 16.3. The molecule has 2 aromatic heterocycles. The monoisotopic (exact) mass is 427 g/mol. The normalized spacial score (nSPS) is 14.9. The Morgan fingerprint density at radius 2 is 1.72 bits per heavy atom. The van der Waals surface area contributed by atoms with Crippen molar-refractivity contribution in [3.63, 3.8) is 0 Å². The molecule has 0 unspecified atom stereocenters. The summed E-state index contributed by atoms with van der Waals surface area (Å²) >= 11 is 0. The summed E-state index contributed by atoms with van der Waals surface area (Å²) in [7, 11) is 0. The van der Waals surface area contributed by atoms with Crippen LogP contribution in [0.15, 0.2) is 71.3 Å². The third-order valence-corrected chi connectivity index (χ3v) is 6.48. The number of benzene rings is 2. The molecule has 2 aromatic carbocycles. The predicted molar refractivity (Wildman–Crippen MR) is 127 cm³/mol. The highest BCUT2D eigenvalue weighted by molar-refractivity contribution is 5.97. The van der Waals surface area contributed by atoms with Crippen LogP contribution in [0, 0.1) is 13.8 Å². The van der Waals surface area contributed by atoms with E-state index < -0.39 is 0 Å². The van der Waals surface area contributed by atoms with E-state index in [0.717, 1.165) is 43.8 Å². The number of hydrogen-bond acceptors (Lipinski definition) is 3.